The van der Waals surface area contributed by atoms with E-state index < -0.39 is 11.9 Å². The largest absolute Gasteiger partial charge is 0.481 e. The molecule has 1 aliphatic rings. The van der Waals surface area contributed by atoms with Gasteiger partial charge < -0.3 is 10.0 Å². The number of rotatable bonds is 5. The Bertz CT molecular complexity index is 559. The molecule has 22 heavy (non-hydrogen) atoms. The number of aliphatic carboxylic acids is 1. The number of fused-ring (bicyclic) bond motifs is 1. The van der Waals surface area contributed by atoms with Crippen molar-refractivity contribution in [2.45, 2.75) is 38.5 Å². The van der Waals surface area contributed by atoms with E-state index in [1.54, 1.807) is 16.7 Å². The second-order valence-corrected chi connectivity index (χ2v) is 7.35. The highest BCUT2D eigenvalue weighted by Crippen LogP contribution is 2.31. The van der Waals surface area contributed by atoms with Crippen LogP contribution in [-0.2, 0) is 16.1 Å². The molecule has 0 spiro atoms. The van der Waals surface area contributed by atoms with Crippen LogP contribution in [0.5, 0.6) is 0 Å². The summed E-state index contributed by atoms with van der Waals surface area (Å²) in [6.07, 6.45) is 0. The van der Waals surface area contributed by atoms with Gasteiger partial charge in [-0.05, 0) is 22.8 Å². The number of amides is 1. The zero-order chi connectivity index (χ0) is 16.3. The van der Waals surface area contributed by atoms with Crippen molar-refractivity contribution in [1.29, 1.82) is 0 Å². The molecule has 5 heteroatoms. The fourth-order valence-corrected chi connectivity index (χ4v) is 3.93. The van der Waals surface area contributed by atoms with E-state index in [1.165, 1.54) is 0 Å². The summed E-state index contributed by atoms with van der Waals surface area (Å²) in [5.74, 6) is -0.329. The molecule has 0 aliphatic carbocycles. The molecule has 1 amide bonds. The minimum atomic E-state index is -0.866. The molecule has 120 valence electrons. The third-order valence-electron chi connectivity index (χ3n) is 4.00. The highest BCUT2D eigenvalue weighted by molar-refractivity contribution is 8.00. The second kappa shape index (κ2) is 7.18. The molecular formula is C17H23NO3S. The first-order valence-electron chi connectivity index (χ1n) is 7.66. The Balaban J connectivity index is 2.27. The molecule has 0 aromatic heterocycles. The molecule has 1 aromatic carbocycles. The summed E-state index contributed by atoms with van der Waals surface area (Å²) >= 11 is 1.64. The summed E-state index contributed by atoms with van der Waals surface area (Å²) < 4.78 is 0. The first kappa shape index (κ1) is 16.9. The van der Waals surface area contributed by atoms with Crippen LogP contribution < -0.4 is 0 Å². The molecule has 0 bridgehead atoms. The fourth-order valence-electron chi connectivity index (χ4n) is 2.89. The molecule has 1 heterocycles. The maximum atomic E-state index is 12.8. The summed E-state index contributed by atoms with van der Waals surface area (Å²) in [6.45, 7) is 6.89. The summed E-state index contributed by atoms with van der Waals surface area (Å²) in [5.41, 5.74) is 1.78. The molecule has 0 saturated heterocycles. The number of nitrogens with zero attached hydrogens (tertiary/aromatic N) is 1. The van der Waals surface area contributed by atoms with Crippen molar-refractivity contribution in [3.8, 4) is 0 Å². The highest BCUT2D eigenvalue weighted by Gasteiger charge is 2.35. The van der Waals surface area contributed by atoms with Gasteiger partial charge in [0.25, 0.3) is 0 Å². The van der Waals surface area contributed by atoms with Crippen molar-refractivity contribution >= 4 is 23.6 Å². The SMILES string of the molecule is CCSC(C(=O)N1Cc2ccccc2C(C(=O)O)C1)C(C)C. The van der Waals surface area contributed by atoms with Gasteiger partial charge in [0.1, 0.15) is 0 Å². The molecule has 0 fully saturated rings. The Hall–Kier alpha value is -1.49. The Morgan fingerprint density at radius 1 is 1.36 bits per heavy atom. The lowest BCUT2D eigenvalue weighted by Gasteiger charge is -2.35. The van der Waals surface area contributed by atoms with Crippen LogP contribution in [0.1, 0.15) is 37.8 Å². The van der Waals surface area contributed by atoms with E-state index in [0.29, 0.717) is 6.54 Å². The van der Waals surface area contributed by atoms with E-state index in [2.05, 4.69) is 0 Å². The Labute approximate surface area is 135 Å². The van der Waals surface area contributed by atoms with Gasteiger partial charge >= 0.3 is 5.97 Å². The van der Waals surface area contributed by atoms with Crippen molar-refractivity contribution in [2.75, 3.05) is 12.3 Å². The molecule has 4 nitrogen and oxygen atoms in total. The van der Waals surface area contributed by atoms with E-state index in [1.807, 2.05) is 45.0 Å². The monoisotopic (exact) mass is 321 g/mol. The number of carboxylic acid groups (broad SMARTS) is 1. The maximum absolute atomic E-state index is 12.8. The molecule has 2 rings (SSSR count). The van der Waals surface area contributed by atoms with Gasteiger partial charge in [0.2, 0.25) is 5.91 Å². The number of hydrogen-bond acceptors (Lipinski definition) is 3. The van der Waals surface area contributed by atoms with Crippen molar-refractivity contribution in [2.24, 2.45) is 5.92 Å². The summed E-state index contributed by atoms with van der Waals surface area (Å²) in [7, 11) is 0. The van der Waals surface area contributed by atoms with E-state index in [4.69, 9.17) is 0 Å². The van der Waals surface area contributed by atoms with Crippen LogP contribution in [0.3, 0.4) is 0 Å². The number of carbonyl (C=O) groups is 2. The maximum Gasteiger partial charge on any atom is 0.312 e. The topological polar surface area (TPSA) is 57.6 Å². The van der Waals surface area contributed by atoms with Crippen molar-refractivity contribution in [1.82, 2.24) is 4.90 Å². The van der Waals surface area contributed by atoms with E-state index in [-0.39, 0.29) is 23.6 Å². The van der Waals surface area contributed by atoms with E-state index >= 15 is 0 Å². The highest BCUT2D eigenvalue weighted by atomic mass is 32.2. The minimum Gasteiger partial charge on any atom is -0.481 e. The summed E-state index contributed by atoms with van der Waals surface area (Å²) in [5, 5.41) is 9.39. The van der Waals surface area contributed by atoms with Gasteiger partial charge in [-0.25, -0.2) is 0 Å². The lowest BCUT2D eigenvalue weighted by Crippen LogP contribution is -2.45. The van der Waals surface area contributed by atoms with Gasteiger partial charge in [-0.15, -0.1) is 11.8 Å². The predicted octanol–water partition coefficient (Wildman–Crippen LogP) is 2.97. The molecule has 2 unspecified atom stereocenters. The minimum absolute atomic E-state index is 0.0580. The third kappa shape index (κ3) is 3.46. The zero-order valence-electron chi connectivity index (χ0n) is 13.3. The number of hydrogen-bond donors (Lipinski definition) is 1. The van der Waals surface area contributed by atoms with Gasteiger partial charge in [-0.1, -0.05) is 45.0 Å². The Morgan fingerprint density at radius 3 is 2.64 bits per heavy atom. The van der Waals surface area contributed by atoms with Crippen LogP contribution in [0.4, 0.5) is 0 Å². The molecular weight excluding hydrogens is 298 g/mol. The smallest absolute Gasteiger partial charge is 0.312 e. The van der Waals surface area contributed by atoms with Crippen LogP contribution in [0.25, 0.3) is 0 Å². The van der Waals surface area contributed by atoms with Crippen LogP contribution in [0, 0.1) is 5.92 Å². The Morgan fingerprint density at radius 2 is 2.05 bits per heavy atom. The predicted molar refractivity (Wildman–Crippen MR) is 89.0 cm³/mol. The van der Waals surface area contributed by atoms with Crippen molar-refractivity contribution in [3.63, 3.8) is 0 Å². The van der Waals surface area contributed by atoms with E-state index in [9.17, 15) is 14.7 Å². The molecule has 1 N–H and O–H groups in total. The van der Waals surface area contributed by atoms with Gasteiger partial charge in [-0.2, -0.15) is 0 Å². The molecule has 0 radical (unpaired) electrons. The quantitative estimate of drug-likeness (QED) is 0.906. The standard InChI is InChI=1S/C17H23NO3S/c1-4-22-15(11(2)3)16(19)18-9-12-7-5-6-8-13(12)14(10-18)17(20)21/h5-8,11,14-15H,4,9-10H2,1-3H3,(H,20,21). The molecule has 1 aliphatic heterocycles. The van der Waals surface area contributed by atoms with Crippen molar-refractivity contribution < 1.29 is 14.7 Å². The van der Waals surface area contributed by atoms with Crippen LogP contribution >= 0.6 is 11.8 Å². The van der Waals surface area contributed by atoms with Gasteiger partial charge in [0, 0.05) is 13.1 Å². The van der Waals surface area contributed by atoms with Gasteiger partial charge in [-0.3, -0.25) is 9.59 Å². The Kier molecular flexibility index (Phi) is 5.51. The lowest BCUT2D eigenvalue weighted by atomic mass is 9.89. The van der Waals surface area contributed by atoms with E-state index in [0.717, 1.165) is 16.9 Å². The van der Waals surface area contributed by atoms with Crippen LogP contribution in [-0.4, -0.2) is 39.4 Å². The molecule has 0 saturated carbocycles. The number of carboxylic acids is 1. The van der Waals surface area contributed by atoms with Gasteiger partial charge in [0.05, 0.1) is 11.2 Å². The third-order valence-corrected chi connectivity index (χ3v) is 5.44. The fraction of sp³-hybridized carbons (Fsp3) is 0.529. The van der Waals surface area contributed by atoms with Crippen LogP contribution in [0.15, 0.2) is 24.3 Å². The summed E-state index contributed by atoms with van der Waals surface area (Å²) in [6, 6.07) is 7.53. The van der Waals surface area contributed by atoms with Crippen LogP contribution in [0.2, 0.25) is 0 Å². The average molecular weight is 321 g/mol. The molecule has 2 atom stereocenters. The number of benzene rings is 1. The van der Waals surface area contributed by atoms with Crippen molar-refractivity contribution in [3.05, 3.63) is 35.4 Å². The number of carbonyl (C=O) groups excluding carboxylic acids is 1. The zero-order valence-corrected chi connectivity index (χ0v) is 14.1. The molecule has 1 aromatic rings. The second-order valence-electron chi connectivity index (χ2n) is 5.93. The number of thioether (sulfide) groups is 1. The first-order valence-corrected chi connectivity index (χ1v) is 8.71. The normalized spacial score (nSPS) is 18.9. The lowest BCUT2D eigenvalue weighted by molar-refractivity contribution is -0.141. The van der Waals surface area contributed by atoms with Gasteiger partial charge in [0.15, 0.2) is 0 Å². The average Bonchev–Trinajstić information content (AvgIpc) is 2.50. The summed E-state index contributed by atoms with van der Waals surface area (Å²) in [4.78, 5) is 26.1. The first-order chi connectivity index (χ1) is 10.5.